The van der Waals surface area contributed by atoms with E-state index in [1.165, 1.54) is 6.42 Å². The van der Waals surface area contributed by atoms with Crippen LogP contribution in [0.25, 0.3) is 0 Å². The number of nitrogens with zero attached hydrogens (tertiary/aromatic N) is 2. The molecule has 0 saturated carbocycles. The van der Waals surface area contributed by atoms with Crippen LogP contribution in [0.4, 0.5) is 0 Å². The van der Waals surface area contributed by atoms with E-state index in [0.717, 1.165) is 38.4 Å². The highest BCUT2D eigenvalue weighted by molar-refractivity contribution is 8.00. The van der Waals surface area contributed by atoms with Gasteiger partial charge in [-0.2, -0.15) is 0 Å². The fraction of sp³-hybridized carbons (Fsp3) is 0.923. The molecule has 0 aromatic rings. The standard InChI is InChI=1S/C13H27N3OS/c1-4-11-10-15(3)6-7-16(11)8-9-18-12(5-2)13(14)17/h11-12H,4-10H2,1-3H3,(H2,14,17). The molecule has 2 atom stereocenters. The first kappa shape index (κ1) is 15.8. The van der Waals surface area contributed by atoms with E-state index in [0.29, 0.717) is 6.04 Å². The molecule has 2 N–H and O–H groups in total. The predicted molar refractivity (Wildman–Crippen MR) is 78.9 cm³/mol. The maximum absolute atomic E-state index is 11.2. The molecule has 1 fully saturated rings. The van der Waals surface area contributed by atoms with E-state index in [1.807, 2.05) is 6.92 Å². The maximum atomic E-state index is 11.2. The number of piperazine rings is 1. The number of amides is 1. The first-order valence-electron chi connectivity index (χ1n) is 6.92. The molecule has 2 unspecified atom stereocenters. The topological polar surface area (TPSA) is 49.6 Å². The Morgan fingerprint density at radius 3 is 2.72 bits per heavy atom. The number of primary amides is 1. The van der Waals surface area contributed by atoms with Crippen molar-refractivity contribution in [3.05, 3.63) is 0 Å². The molecule has 1 heterocycles. The molecule has 0 bridgehead atoms. The molecule has 0 spiro atoms. The minimum atomic E-state index is -0.173. The molecule has 4 nitrogen and oxygen atoms in total. The van der Waals surface area contributed by atoms with E-state index in [9.17, 15) is 4.79 Å². The Hall–Kier alpha value is -0.260. The number of rotatable bonds is 7. The molecule has 1 aliphatic heterocycles. The van der Waals surface area contributed by atoms with Gasteiger partial charge < -0.3 is 10.6 Å². The summed E-state index contributed by atoms with van der Waals surface area (Å²) in [6, 6.07) is 0.665. The molecule has 0 radical (unpaired) electrons. The third-order valence-corrected chi connectivity index (χ3v) is 5.05. The Balaban J connectivity index is 2.31. The molecular formula is C13H27N3OS. The van der Waals surface area contributed by atoms with Crippen molar-refractivity contribution >= 4 is 17.7 Å². The van der Waals surface area contributed by atoms with Gasteiger partial charge in [0.15, 0.2) is 0 Å². The highest BCUT2D eigenvalue weighted by Crippen LogP contribution is 2.17. The summed E-state index contributed by atoms with van der Waals surface area (Å²) in [4.78, 5) is 16.1. The SMILES string of the molecule is CCC(SCCN1CCN(C)CC1CC)C(N)=O. The van der Waals surface area contributed by atoms with Gasteiger partial charge >= 0.3 is 0 Å². The van der Waals surface area contributed by atoms with Gasteiger partial charge in [0.2, 0.25) is 5.91 Å². The van der Waals surface area contributed by atoms with Gasteiger partial charge in [0.05, 0.1) is 5.25 Å². The zero-order chi connectivity index (χ0) is 13.5. The normalized spacial score (nSPS) is 24.1. The highest BCUT2D eigenvalue weighted by atomic mass is 32.2. The lowest BCUT2D eigenvalue weighted by Gasteiger charge is -2.39. The van der Waals surface area contributed by atoms with Gasteiger partial charge in [0.1, 0.15) is 0 Å². The van der Waals surface area contributed by atoms with Crippen molar-refractivity contribution in [2.45, 2.75) is 38.0 Å². The summed E-state index contributed by atoms with van der Waals surface area (Å²) in [5.74, 6) is 0.828. The van der Waals surface area contributed by atoms with Crippen LogP contribution < -0.4 is 5.73 Å². The molecule has 5 heteroatoms. The first-order valence-corrected chi connectivity index (χ1v) is 7.96. The van der Waals surface area contributed by atoms with Gasteiger partial charge in [0.25, 0.3) is 0 Å². The first-order chi connectivity index (χ1) is 8.58. The lowest BCUT2D eigenvalue weighted by Crippen LogP contribution is -2.52. The average Bonchev–Trinajstić information content (AvgIpc) is 2.35. The number of carbonyl (C=O) groups is 1. The summed E-state index contributed by atoms with van der Waals surface area (Å²) < 4.78 is 0. The van der Waals surface area contributed by atoms with Crippen molar-refractivity contribution < 1.29 is 4.79 Å². The summed E-state index contributed by atoms with van der Waals surface area (Å²) in [5, 5.41) is -0.0162. The van der Waals surface area contributed by atoms with Gasteiger partial charge in [-0.1, -0.05) is 13.8 Å². The minimum Gasteiger partial charge on any atom is -0.369 e. The zero-order valence-corrected chi connectivity index (χ0v) is 12.7. The molecular weight excluding hydrogens is 246 g/mol. The number of likely N-dealkylation sites (N-methyl/N-ethyl adjacent to an activating group) is 1. The number of thioether (sulfide) groups is 1. The zero-order valence-electron chi connectivity index (χ0n) is 11.9. The number of carbonyl (C=O) groups excluding carboxylic acids is 1. The Labute approximate surface area is 115 Å². The van der Waals surface area contributed by atoms with Crippen molar-refractivity contribution in [2.24, 2.45) is 5.73 Å². The molecule has 1 aliphatic rings. The van der Waals surface area contributed by atoms with Crippen LogP contribution in [0.2, 0.25) is 0 Å². The molecule has 1 rings (SSSR count). The molecule has 18 heavy (non-hydrogen) atoms. The molecule has 0 aromatic heterocycles. The Morgan fingerprint density at radius 2 is 2.17 bits per heavy atom. The van der Waals surface area contributed by atoms with Crippen LogP contribution in [0.3, 0.4) is 0 Å². The summed E-state index contributed by atoms with van der Waals surface area (Å²) in [5.41, 5.74) is 5.36. The fourth-order valence-corrected chi connectivity index (χ4v) is 3.47. The minimum absolute atomic E-state index is 0.0162. The molecule has 1 saturated heterocycles. The second-order valence-corrected chi connectivity index (χ2v) is 6.34. The third kappa shape index (κ3) is 4.78. The second kappa shape index (κ2) is 8.02. The van der Waals surface area contributed by atoms with Crippen LogP contribution in [-0.2, 0) is 4.79 Å². The fourth-order valence-electron chi connectivity index (χ4n) is 2.44. The van der Waals surface area contributed by atoms with Gasteiger partial charge in [-0.05, 0) is 19.9 Å². The van der Waals surface area contributed by atoms with Gasteiger partial charge in [0, 0.05) is 38.0 Å². The van der Waals surface area contributed by atoms with Crippen LogP contribution in [-0.4, -0.2) is 66.0 Å². The van der Waals surface area contributed by atoms with Crippen molar-refractivity contribution in [3.63, 3.8) is 0 Å². The van der Waals surface area contributed by atoms with Crippen molar-refractivity contribution in [1.82, 2.24) is 9.80 Å². The van der Waals surface area contributed by atoms with E-state index in [-0.39, 0.29) is 11.2 Å². The smallest absolute Gasteiger partial charge is 0.230 e. The van der Waals surface area contributed by atoms with Gasteiger partial charge in [-0.15, -0.1) is 11.8 Å². The monoisotopic (exact) mass is 273 g/mol. The number of nitrogens with two attached hydrogens (primary N) is 1. The lowest BCUT2D eigenvalue weighted by molar-refractivity contribution is -0.117. The summed E-state index contributed by atoms with van der Waals surface area (Å²) in [7, 11) is 2.19. The third-order valence-electron chi connectivity index (χ3n) is 3.66. The van der Waals surface area contributed by atoms with E-state index in [1.54, 1.807) is 11.8 Å². The van der Waals surface area contributed by atoms with Gasteiger partial charge in [-0.25, -0.2) is 0 Å². The van der Waals surface area contributed by atoms with Crippen LogP contribution in [0.5, 0.6) is 0 Å². The molecule has 106 valence electrons. The lowest BCUT2D eigenvalue weighted by atomic mass is 10.1. The molecule has 0 aromatic carbocycles. The summed E-state index contributed by atoms with van der Waals surface area (Å²) in [6.07, 6.45) is 2.03. The van der Waals surface area contributed by atoms with E-state index in [2.05, 4.69) is 23.8 Å². The Morgan fingerprint density at radius 1 is 1.44 bits per heavy atom. The van der Waals surface area contributed by atoms with Gasteiger partial charge in [-0.3, -0.25) is 9.69 Å². The van der Waals surface area contributed by atoms with Crippen LogP contribution in [0.15, 0.2) is 0 Å². The molecule has 1 amide bonds. The quantitative estimate of drug-likeness (QED) is 0.752. The van der Waals surface area contributed by atoms with Crippen molar-refractivity contribution in [3.8, 4) is 0 Å². The maximum Gasteiger partial charge on any atom is 0.230 e. The Bertz CT molecular complexity index is 263. The van der Waals surface area contributed by atoms with Crippen molar-refractivity contribution in [2.75, 3.05) is 39.0 Å². The van der Waals surface area contributed by atoms with E-state index < -0.39 is 0 Å². The van der Waals surface area contributed by atoms with Crippen molar-refractivity contribution in [1.29, 1.82) is 0 Å². The molecule has 0 aliphatic carbocycles. The van der Waals surface area contributed by atoms with E-state index >= 15 is 0 Å². The predicted octanol–water partition coefficient (Wildman–Crippen LogP) is 1.01. The van der Waals surface area contributed by atoms with Crippen LogP contribution in [0, 0.1) is 0 Å². The number of hydrogen-bond donors (Lipinski definition) is 1. The average molecular weight is 273 g/mol. The highest BCUT2D eigenvalue weighted by Gasteiger charge is 2.23. The van der Waals surface area contributed by atoms with Crippen LogP contribution >= 0.6 is 11.8 Å². The van der Waals surface area contributed by atoms with Crippen LogP contribution in [0.1, 0.15) is 26.7 Å². The summed E-state index contributed by atoms with van der Waals surface area (Å²) in [6.45, 7) is 8.79. The largest absolute Gasteiger partial charge is 0.369 e. The summed E-state index contributed by atoms with van der Waals surface area (Å²) >= 11 is 1.71. The number of hydrogen-bond acceptors (Lipinski definition) is 4. The second-order valence-electron chi connectivity index (χ2n) is 5.03. The van der Waals surface area contributed by atoms with E-state index in [4.69, 9.17) is 5.73 Å². The Kier molecular flexibility index (Phi) is 7.04.